The van der Waals surface area contributed by atoms with Gasteiger partial charge < -0.3 is 24.5 Å². The topological polar surface area (TPSA) is 72.6 Å². The van der Waals surface area contributed by atoms with Crippen molar-refractivity contribution in [3.63, 3.8) is 0 Å². The van der Waals surface area contributed by atoms with E-state index in [0.717, 1.165) is 30.3 Å². The van der Waals surface area contributed by atoms with Gasteiger partial charge in [0.25, 0.3) is 5.91 Å². The van der Waals surface area contributed by atoms with Gasteiger partial charge in [-0.2, -0.15) is 0 Å². The largest absolute Gasteiger partial charge is 0.496 e. The molecule has 4 rings (SSSR count). The first-order valence-corrected chi connectivity index (χ1v) is 9.40. The molecule has 2 aromatic carbocycles. The fraction of sp³-hybridized carbons (Fsp3) is 0.318. The number of benzene rings is 2. The third-order valence-electron chi connectivity index (χ3n) is 5.33. The Kier molecular flexibility index (Phi) is 4.86. The summed E-state index contributed by atoms with van der Waals surface area (Å²) in [6.07, 6.45) is 4.42. The standard InChI is InChI=1S/C22H24N2O4/c1-26-18-12-19(27-2)21(28-3)20-15(18)11-17(23-20)22(25)24-16-10-6-8-13-7-4-5-9-14(13)16/h6,8,10-12,23H,4-5,7,9H2,1-3H3,(H,24,25). The molecule has 6 nitrogen and oxygen atoms in total. The van der Waals surface area contributed by atoms with Gasteiger partial charge in [-0.05, 0) is 48.9 Å². The lowest BCUT2D eigenvalue weighted by Gasteiger charge is -2.19. The molecule has 1 aliphatic carbocycles. The van der Waals surface area contributed by atoms with E-state index in [1.54, 1.807) is 33.5 Å². The fourth-order valence-corrected chi connectivity index (χ4v) is 3.95. The maximum Gasteiger partial charge on any atom is 0.272 e. The van der Waals surface area contributed by atoms with Crippen LogP contribution in [0.2, 0.25) is 0 Å². The zero-order chi connectivity index (χ0) is 19.7. The van der Waals surface area contributed by atoms with Gasteiger partial charge in [0, 0.05) is 17.1 Å². The maximum atomic E-state index is 13.0. The van der Waals surface area contributed by atoms with Crippen LogP contribution in [0.1, 0.15) is 34.5 Å². The monoisotopic (exact) mass is 380 g/mol. The molecular formula is C22H24N2O4. The van der Waals surface area contributed by atoms with Gasteiger partial charge in [-0.15, -0.1) is 0 Å². The average molecular weight is 380 g/mol. The maximum absolute atomic E-state index is 13.0. The summed E-state index contributed by atoms with van der Waals surface area (Å²) < 4.78 is 16.3. The molecule has 28 heavy (non-hydrogen) atoms. The van der Waals surface area contributed by atoms with Gasteiger partial charge in [0.15, 0.2) is 11.5 Å². The van der Waals surface area contributed by atoms with Crippen molar-refractivity contribution in [2.75, 3.05) is 26.6 Å². The lowest BCUT2D eigenvalue weighted by molar-refractivity contribution is 0.102. The van der Waals surface area contributed by atoms with Gasteiger partial charge in [-0.1, -0.05) is 12.1 Å². The van der Waals surface area contributed by atoms with E-state index < -0.39 is 0 Å². The number of methoxy groups -OCH3 is 3. The number of carbonyl (C=O) groups is 1. The summed E-state index contributed by atoms with van der Waals surface area (Å²) in [7, 11) is 4.72. The highest BCUT2D eigenvalue weighted by Gasteiger charge is 2.21. The van der Waals surface area contributed by atoms with Crippen LogP contribution in [-0.4, -0.2) is 32.2 Å². The predicted octanol–water partition coefficient (Wildman–Crippen LogP) is 4.32. The quantitative estimate of drug-likeness (QED) is 0.691. The highest BCUT2D eigenvalue weighted by Crippen LogP contribution is 2.41. The molecule has 6 heteroatoms. The Morgan fingerprint density at radius 3 is 2.54 bits per heavy atom. The third-order valence-corrected chi connectivity index (χ3v) is 5.33. The van der Waals surface area contributed by atoms with Crippen LogP contribution in [0.5, 0.6) is 17.2 Å². The van der Waals surface area contributed by atoms with Crippen LogP contribution in [-0.2, 0) is 12.8 Å². The Bertz CT molecular complexity index is 1040. The van der Waals surface area contributed by atoms with Gasteiger partial charge in [-0.3, -0.25) is 4.79 Å². The normalized spacial score (nSPS) is 13.1. The fourth-order valence-electron chi connectivity index (χ4n) is 3.95. The minimum absolute atomic E-state index is 0.196. The molecule has 1 aromatic heterocycles. The first kappa shape index (κ1) is 18.2. The first-order chi connectivity index (χ1) is 13.7. The molecule has 0 atom stereocenters. The second kappa shape index (κ2) is 7.46. The summed E-state index contributed by atoms with van der Waals surface area (Å²) in [5, 5.41) is 3.83. The Hall–Kier alpha value is -3.15. The number of hydrogen-bond acceptors (Lipinski definition) is 4. The van der Waals surface area contributed by atoms with Crippen LogP contribution < -0.4 is 19.5 Å². The van der Waals surface area contributed by atoms with Gasteiger partial charge >= 0.3 is 0 Å². The molecule has 146 valence electrons. The number of amides is 1. The number of fused-ring (bicyclic) bond motifs is 2. The summed E-state index contributed by atoms with van der Waals surface area (Å²) in [5.74, 6) is 1.49. The zero-order valence-electron chi connectivity index (χ0n) is 16.3. The van der Waals surface area contributed by atoms with Gasteiger partial charge in [0.2, 0.25) is 0 Å². The highest BCUT2D eigenvalue weighted by atomic mass is 16.5. The van der Waals surface area contributed by atoms with E-state index in [1.165, 1.54) is 17.5 Å². The number of aryl methyl sites for hydroxylation is 1. The summed E-state index contributed by atoms with van der Waals surface area (Å²) in [6.45, 7) is 0. The van der Waals surface area contributed by atoms with Crippen LogP contribution >= 0.6 is 0 Å². The van der Waals surface area contributed by atoms with Crippen molar-refractivity contribution in [3.05, 3.63) is 47.2 Å². The molecule has 2 N–H and O–H groups in total. The van der Waals surface area contributed by atoms with Crippen molar-refractivity contribution in [2.24, 2.45) is 0 Å². The molecule has 0 saturated heterocycles. The van der Waals surface area contributed by atoms with E-state index in [4.69, 9.17) is 14.2 Å². The number of hydrogen-bond donors (Lipinski definition) is 2. The van der Waals surface area contributed by atoms with Crippen LogP contribution in [0.3, 0.4) is 0 Å². The van der Waals surface area contributed by atoms with E-state index in [1.807, 2.05) is 12.1 Å². The van der Waals surface area contributed by atoms with Crippen LogP contribution in [0, 0.1) is 0 Å². The molecule has 0 saturated carbocycles. The highest BCUT2D eigenvalue weighted by molar-refractivity contribution is 6.08. The Balaban J connectivity index is 1.73. The van der Waals surface area contributed by atoms with Crippen molar-refractivity contribution in [3.8, 4) is 17.2 Å². The third kappa shape index (κ3) is 3.05. The Morgan fingerprint density at radius 2 is 1.79 bits per heavy atom. The molecule has 1 amide bonds. The number of anilines is 1. The van der Waals surface area contributed by atoms with Crippen molar-refractivity contribution < 1.29 is 19.0 Å². The zero-order valence-corrected chi connectivity index (χ0v) is 16.3. The van der Waals surface area contributed by atoms with Crippen LogP contribution in [0.4, 0.5) is 5.69 Å². The molecule has 3 aromatic rings. The number of aromatic amines is 1. The molecule has 0 fully saturated rings. The van der Waals surface area contributed by atoms with Crippen molar-refractivity contribution in [1.82, 2.24) is 4.98 Å². The average Bonchev–Trinajstić information content (AvgIpc) is 3.18. The lowest BCUT2D eigenvalue weighted by Crippen LogP contribution is -2.15. The second-order valence-corrected chi connectivity index (χ2v) is 6.89. The number of H-pyrrole nitrogens is 1. The molecule has 1 heterocycles. The molecule has 0 radical (unpaired) electrons. The van der Waals surface area contributed by atoms with Gasteiger partial charge in [0.05, 0.1) is 26.8 Å². The van der Waals surface area contributed by atoms with E-state index in [9.17, 15) is 4.79 Å². The van der Waals surface area contributed by atoms with Gasteiger partial charge in [0.1, 0.15) is 11.4 Å². The number of ether oxygens (including phenoxy) is 3. The number of carbonyl (C=O) groups excluding carboxylic acids is 1. The Morgan fingerprint density at radius 1 is 1.00 bits per heavy atom. The number of nitrogens with one attached hydrogen (secondary N) is 2. The van der Waals surface area contributed by atoms with Crippen molar-refractivity contribution in [2.45, 2.75) is 25.7 Å². The molecule has 0 bridgehead atoms. The predicted molar refractivity (Wildman–Crippen MR) is 109 cm³/mol. The van der Waals surface area contributed by atoms with Crippen LogP contribution in [0.25, 0.3) is 10.9 Å². The van der Waals surface area contributed by atoms with E-state index in [0.29, 0.717) is 28.5 Å². The smallest absolute Gasteiger partial charge is 0.272 e. The van der Waals surface area contributed by atoms with Gasteiger partial charge in [-0.25, -0.2) is 0 Å². The number of aromatic nitrogens is 1. The summed E-state index contributed by atoms with van der Waals surface area (Å²) in [4.78, 5) is 16.1. The summed E-state index contributed by atoms with van der Waals surface area (Å²) in [6, 6.07) is 9.65. The van der Waals surface area contributed by atoms with Crippen molar-refractivity contribution in [1.29, 1.82) is 0 Å². The second-order valence-electron chi connectivity index (χ2n) is 6.89. The molecule has 1 aliphatic rings. The SMILES string of the molecule is COc1cc(OC)c2cc(C(=O)Nc3cccc4c3CCCC4)[nH]c2c1OC. The lowest BCUT2D eigenvalue weighted by atomic mass is 9.90. The summed E-state index contributed by atoms with van der Waals surface area (Å²) >= 11 is 0. The van der Waals surface area contributed by atoms with E-state index in [2.05, 4.69) is 16.4 Å². The van der Waals surface area contributed by atoms with Crippen molar-refractivity contribution >= 4 is 22.5 Å². The minimum atomic E-state index is -0.196. The van der Waals surface area contributed by atoms with E-state index in [-0.39, 0.29) is 5.91 Å². The van der Waals surface area contributed by atoms with E-state index >= 15 is 0 Å². The summed E-state index contributed by atoms with van der Waals surface area (Å²) in [5.41, 5.74) is 4.56. The number of rotatable bonds is 5. The molecule has 0 spiro atoms. The molecular weight excluding hydrogens is 356 g/mol. The Labute approximate surface area is 163 Å². The first-order valence-electron chi connectivity index (χ1n) is 9.40. The van der Waals surface area contributed by atoms with Crippen LogP contribution in [0.15, 0.2) is 30.3 Å². The molecule has 0 aliphatic heterocycles. The molecule has 0 unspecified atom stereocenters. The minimum Gasteiger partial charge on any atom is -0.496 e.